The van der Waals surface area contributed by atoms with Crippen LogP contribution in [0, 0.1) is 0 Å². The third-order valence-corrected chi connectivity index (χ3v) is 12.5. The van der Waals surface area contributed by atoms with Crippen molar-refractivity contribution in [2.45, 2.75) is 25.4 Å². The van der Waals surface area contributed by atoms with Gasteiger partial charge in [0.25, 0.3) is 0 Å². The van der Waals surface area contributed by atoms with Crippen molar-refractivity contribution in [2.24, 2.45) is 9.98 Å². The maximum Gasteiger partial charge on any atom is 0.159 e. The predicted octanol–water partition coefficient (Wildman–Crippen LogP) is 12.0. The molecule has 0 fully saturated rings. The molecule has 252 valence electrons. The van der Waals surface area contributed by atoms with Crippen molar-refractivity contribution in [3.8, 4) is 16.8 Å². The van der Waals surface area contributed by atoms with Crippen LogP contribution in [0.5, 0.6) is 0 Å². The number of aromatic nitrogens is 1. The fourth-order valence-corrected chi connectivity index (χ4v) is 9.94. The van der Waals surface area contributed by atoms with Crippen molar-refractivity contribution in [3.05, 3.63) is 186 Å². The number of hydrogen-bond acceptors (Lipinski definition) is 4. The molecule has 2 aliphatic rings. The number of nitrogens with zero attached hydrogens (tertiary/aromatic N) is 3. The van der Waals surface area contributed by atoms with E-state index in [1.807, 2.05) is 29.5 Å². The number of fused-ring (bicyclic) bond motifs is 10. The molecule has 0 saturated carbocycles. The van der Waals surface area contributed by atoms with E-state index in [1.165, 1.54) is 64.2 Å². The molecule has 1 N–H and O–H groups in total. The first-order valence-electron chi connectivity index (χ1n) is 18.2. The predicted molar refractivity (Wildman–Crippen MR) is 223 cm³/mol. The highest BCUT2D eigenvalue weighted by Gasteiger charge is 2.37. The lowest BCUT2D eigenvalue weighted by Crippen LogP contribution is -2.33. The van der Waals surface area contributed by atoms with Gasteiger partial charge in [0.1, 0.15) is 12.0 Å². The Kier molecular flexibility index (Phi) is 6.50. The van der Waals surface area contributed by atoms with Gasteiger partial charge in [-0.1, -0.05) is 141 Å². The summed E-state index contributed by atoms with van der Waals surface area (Å²) < 4.78 is 4.97. The van der Waals surface area contributed by atoms with Crippen LogP contribution in [0.15, 0.2) is 168 Å². The Morgan fingerprint density at radius 1 is 0.604 bits per heavy atom. The number of rotatable bonds is 4. The minimum atomic E-state index is -0.313. The highest BCUT2D eigenvalue weighted by Crippen LogP contribution is 2.52. The van der Waals surface area contributed by atoms with E-state index in [2.05, 4.69) is 163 Å². The quantitative estimate of drug-likeness (QED) is 0.195. The van der Waals surface area contributed by atoms with Gasteiger partial charge in [-0.25, -0.2) is 9.98 Å². The SMILES string of the molecule is CC1(C)c2ccccc2-c2c1ccc1c3ccccc3n(-c3ccc(C4N=C(c5ccccc5)N=C(c5cccc6c5sc5ccccc56)N4)cc3)c21. The molecular formula is C48H34N4S. The first-order valence-corrected chi connectivity index (χ1v) is 19.0. The first-order chi connectivity index (χ1) is 26.0. The number of para-hydroxylation sites is 1. The van der Waals surface area contributed by atoms with Crippen molar-refractivity contribution in [1.29, 1.82) is 0 Å². The highest BCUT2D eigenvalue weighted by atomic mass is 32.1. The lowest BCUT2D eigenvalue weighted by atomic mass is 9.82. The van der Waals surface area contributed by atoms with Crippen molar-refractivity contribution in [2.75, 3.05) is 0 Å². The lowest BCUT2D eigenvalue weighted by molar-refractivity contribution is 0.661. The van der Waals surface area contributed by atoms with Crippen LogP contribution >= 0.6 is 11.3 Å². The summed E-state index contributed by atoms with van der Waals surface area (Å²) in [5, 5.41) is 8.82. The monoisotopic (exact) mass is 698 g/mol. The van der Waals surface area contributed by atoms with Gasteiger partial charge in [0.2, 0.25) is 0 Å². The Labute approximate surface area is 311 Å². The molecule has 0 amide bonds. The topological polar surface area (TPSA) is 41.7 Å². The van der Waals surface area contributed by atoms with E-state index in [0.29, 0.717) is 0 Å². The number of thiophene rings is 1. The van der Waals surface area contributed by atoms with Crippen LogP contribution in [0.1, 0.15) is 47.8 Å². The summed E-state index contributed by atoms with van der Waals surface area (Å²) in [6.45, 7) is 4.71. The molecule has 0 saturated heterocycles. The minimum absolute atomic E-state index is 0.0776. The maximum atomic E-state index is 5.22. The van der Waals surface area contributed by atoms with Gasteiger partial charge in [0.05, 0.1) is 11.0 Å². The van der Waals surface area contributed by atoms with Crippen LogP contribution in [0.25, 0.3) is 58.8 Å². The fraction of sp³-hybridized carbons (Fsp3) is 0.0833. The number of aliphatic imine (C=N–C) groups is 2. The Bertz CT molecular complexity index is 3000. The van der Waals surface area contributed by atoms with Crippen LogP contribution < -0.4 is 5.32 Å². The summed E-state index contributed by atoms with van der Waals surface area (Å²) in [5.74, 6) is 1.56. The Balaban J connectivity index is 1.06. The Hall–Kier alpha value is -6.30. The summed E-state index contributed by atoms with van der Waals surface area (Å²) in [4.78, 5) is 10.4. The van der Waals surface area contributed by atoms with Crippen molar-refractivity contribution in [1.82, 2.24) is 9.88 Å². The van der Waals surface area contributed by atoms with Crippen LogP contribution in [-0.4, -0.2) is 16.2 Å². The molecule has 1 aliphatic heterocycles. The number of amidine groups is 2. The molecule has 0 spiro atoms. The van der Waals surface area contributed by atoms with Gasteiger partial charge in [0.15, 0.2) is 5.84 Å². The van der Waals surface area contributed by atoms with E-state index < -0.39 is 0 Å². The molecule has 5 heteroatoms. The summed E-state index contributed by atoms with van der Waals surface area (Å²) in [5.41, 5.74) is 12.1. The standard InChI is InChI=1S/C48H34N4S/c1-48(2)38-20-9-6-17-36(38)42-39(48)28-27-34-32-15-7-10-21-40(32)52(43(34)42)31-25-23-30(24-26-31)46-49-45(29-13-4-3-5-14-29)50-47(51-46)37-19-12-18-35-33-16-8-11-22-41(33)53-44(35)37/h3-28,46H,1-2H3,(H,49,50,51). The van der Waals surface area contributed by atoms with E-state index in [4.69, 9.17) is 9.98 Å². The zero-order valence-corrected chi connectivity index (χ0v) is 30.2. The molecule has 53 heavy (non-hydrogen) atoms. The summed E-state index contributed by atoms with van der Waals surface area (Å²) >= 11 is 1.82. The van der Waals surface area contributed by atoms with Gasteiger partial charge in [-0.05, 0) is 52.6 Å². The van der Waals surface area contributed by atoms with Crippen LogP contribution in [0.2, 0.25) is 0 Å². The molecular weight excluding hydrogens is 665 g/mol. The zero-order valence-electron chi connectivity index (χ0n) is 29.3. The smallest absolute Gasteiger partial charge is 0.159 e. The lowest BCUT2D eigenvalue weighted by Gasteiger charge is -2.24. The number of benzene rings is 7. The van der Waals surface area contributed by atoms with Gasteiger partial charge in [-0.15, -0.1) is 11.3 Å². The van der Waals surface area contributed by atoms with Crippen molar-refractivity contribution < 1.29 is 0 Å². The van der Waals surface area contributed by atoms with E-state index in [0.717, 1.165) is 34.0 Å². The average molecular weight is 699 g/mol. The molecule has 0 radical (unpaired) electrons. The van der Waals surface area contributed by atoms with Gasteiger partial charge >= 0.3 is 0 Å². The summed E-state index contributed by atoms with van der Waals surface area (Å²) in [6, 6.07) is 56.9. The van der Waals surface area contributed by atoms with Gasteiger partial charge in [-0.2, -0.15) is 0 Å². The van der Waals surface area contributed by atoms with E-state index in [-0.39, 0.29) is 11.6 Å². The fourth-order valence-electron chi connectivity index (χ4n) is 8.72. The molecule has 9 aromatic rings. The van der Waals surface area contributed by atoms with Crippen molar-refractivity contribution >= 4 is 65.0 Å². The van der Waals surface area contributed by atoms with Gasteiger partial charge in [-0.3, -0.25) is 0 Å². The summed E-state index contributed by atoms with van der Waals surface area (Å²) in [6.07, 6.45) is -0.313. The molecule has 7 aromatic carbocycles. The molecule has 1 unspecified atom stereocenters. The van der Waals surface area contributed by atoms with Crippen LogP contribution in [0.4, 0.5) is 0 Å². The molecule has 3 heterocycles. The maximum absolute atomic E-state index is 5.22. The van der Waals surface area contributed by atoms with Crippen LogP contribution in [-0.2, 0) is 5.41 Å². The Morgan fingerprint density at radius 3 is 2.19 bits per heavy atom. The molecule has 1 atom stereocenters. The van der Waals surface area contributed by atoms with E-state index in [1.54, 1.807) is 0 Å². The number of hydrogen-bond donors (Lipinski definition) is 1. The average Bonchev–Trinajstić information content (AvgIpc) is 3.84. The molecule has 1 aliphatic carbocycles. The molecule has 4 nitrogen and oxygen atoms in total. The summed E-state index contributed by atoms with van der Waals surface area (Å²) in [7, 11) is 0. The minimum Gasteiger partial charge on any atom is -0.344 e. The molecule has 0 bridgehead atoms. The largest absolute Gasteiger partial charge is 0.344 e. The molecule has 2 aromatic heterocycles. The third kappa shape index (κ3) is 4.47. The van der Waals surface area contributed by atoms with E-state index >= 15 is 0 Å². The Morgan fingerprint density at radius 2 is 1.32 bits per heavy atom. The van der Waals surface area contributed by atoms with Crippen molar-refractivity contribution in [3.63, 3.8) is 0 Å². The molecule has 11 rings (SSSR count). The second-order valence-electron chi connectivity index (χ2n) is 14.6. The first kappa shape index (κ1) is 30.3. The van der Waals surface area contributed by atoms with Gasteiger partial charge < -0.3 is 9.88 Å². The number of nitrogens with one attached hydrogen (secondary N) is 1. The zero-order chi connectivity index (χ0) is 35.3. The second kappa shape index (κ2) is 11.3. The van der Waals surface area contributed by atoms with E-state index in [9.17, 15) is 0 Å². The highest BCUT2D eigenvalue weighted by molar-refractivity contribution is 7.26. The second-order valence-corrected chi connectivity index (χ2v) is 15.7. The van der Waals surface area contributed by atoms with Crippen LogP contribution in [0.3, 0.4) is 0 Å². The normalized spacial score (nSPS) is 16.1. The van der Waals surface area contributed by atoms with Gasteiger partial charge in [0, 0.05) is 58.7 Å². The third-order valence-electron chi connectivity index (χ3n) is 11.3.